The zero-order valence-corrected chi connectivity index (χ0v) is 11.3. The lowest BCUT2D eigenvalue weighted by molar-refractivity contribution is 0.376. The normalized spacial score (nSPS) is 23.1. The molecule has 1 saturated heterocycles. The van der Waals surface area contributed by atoms with Gasteiger partial charge in [0.2, 0.25) is 5.95 Å². The Labute approximate surface area is 116 Å². The van der Waals surface area contributed by atoms with E-state index in [0.717, 1.165) is 25.7 Å². The van der Waals surface area contributed by atoms with Gasteiger partial charge in [0.15, 0.2) is 5.82 Å². The summed E-state index contributed by atoms with van der Waals surface area (Å²) in [4.78, 5) is 10.3. The van der Waals surface area contributed by atoms with Crippen LogP contribution in [0.1, 0.15) is 13.3 Å². The van der Waals surface area contributed by atoms with Crippen LogP contribution in [-0.4, -0.2) is 39.3 Å². The van der Waals surface area contributed by atoms with E-state index in [2.05, 4.69) is 32.0 Å². The second-order valence-electron chi connectivity index (χ2n) is 5.25. The fourth-order valence-electron chi connectivity index (χ4n) is 2.35. The molecule has 2 unspecified atom stereocenters. The first-order chi connectivity index (χ1) is 9.63. The van der Waals surface area contributed by atoms with Gasteiger partial charge < -0.3 is 10.6 Å². The molecule has 0 saturated carbocycles. The van der Waals surface area contributed by atoms with Crippen molar-refractivity contribution >= 4 is 5.95 Å². The maximum absolute atomic E-state index is 13.2. The lowest BCUT2D eigenvalue weighted by Crippen LogP contribution is -2.48. The van der Waals surface area contributed by atoms with Gasteiger partial charge in [-0.05, 0) is 18.4 Å². The predicted octanol–water partition coefficient (Wildman–Crippen LogP) is 1.18. The topological polar surface area (TPSA) is 83.7 Å². The van der Waals surface area contributed by atoms with Crippen molar-refractivity contribution in [3.05, 3.63) is 24.3 Å². The maximum atomic E-state index is 13.2. The summed E-state index contributed by atoms with van der Waals surface area (Å²) in [6, 6.07) is 1.50. The minimum absolute atomic E-state index is 0.126. The summed E-state index contributed by atoms with van der Waals surface area (Å²) in [5.74, 6) is 1.23. The van der Waals surface area contributed by atoms with Gasteiger partial charge in [-0.1, -0.05) is 6.92 Å². The highest BCUT2D eigenvalue weighted by atomic mass is 19.1. The molecule has 2 atom stereocenters. The molecule has 0 aromatic carbocycles. The van der Waals surface area contributed by atoms with E-state index in [9.17, 15) is 4.39 Å². The minimum Gasteiger partial charge on any atom is -0.338 e. The monoisotopic (exact) mass is 276 g/mol. The van der Waals surface area contributed by atoms with Crippen LogP contribution < -0.4 is 10.6 Å². The molecule has 0 bridgehead atoms. The molecule has 0 radical (unpaired) electrons. The molecule has 0 aliphatic carbocycles. The molecular formula is C13H17FN6. The Hall–Kier alpha value is -2.02. The molecule has 106 valence electrons. The first-order valence-corrected chi connectivity index (χ1v) is 6.67. The number of pyridine rings is 1. The van der Waals surface area contributed by atoms with Gasteiger partial charge in [0.1, 0.15) is 5.82 Å². The highest BCUT2D eigenvalue weighted by Crippen LogP contribution is 2.22. The van der Waals surface area contributed by atoms with Crippen molar-refractivity contribution in [2.75, 3.05) is 18.0 Å². The summed E-state index contributed by atoms with van der Waals surface area (Å²) in [6.45, 7) is 3.78. The number of anilines is 1. The number of H-pyrrole nitrogens is 1. The van der Waals surface area contributed by atoms with Gasteiger partial charge in [0, 0.05) is 30.9 Å². The molecule has 2 aromatic rings. The molecule has 1 fully saturated rings. The predicted molar refractivity (Wildman–Crippen MR) is 73.5 cm³/mol. The Morgan fingerprint density at radius 2 is 2.30 bits per heavy atom. The number of rotatable bonds is 2. The third kappa shape index (κ3) is 2.49. The summed E-state index contributed by atoms with van der Waals surface area (Å²) in [5.41, 5.74) is 6.66. The second-order valence-corrected chi connectivity index (χ2v) is 5.25. The van der Waals surface area contributed by atoms with Gasteiger partial charge in [-0.25, -0.2) is 4.39 Å². The lowest BCUT2D eigenvalue weighted by Gasteiger charge is -2.34. The third-order valence-electron chi connectivity index (χ3n) is 3.75. The molecule has 1 aliphatic heterocycles. The molecule has 7 heteroatoms. The molecule has 3 heterocycles. The Morgan fingerprint density at radius 1 is 1.45 bits per heavy atom. The molecule has 2 aromatic heterocycles. The summed E-state index contributed by atoms with van der Waals surface area (Å²) in [6.07, 6.45) is 3.73. The van der Waals surface area contributed by atoms with E-state index in [0.29, 0.717) is 23.3 Å². The number of halogens is 1. The largest absolute Gasteiger partial charge is 0.338 e. The van der Waals surface area contributed by atoms with E-state index < -0.39 is 5.82 Å². The number of hydrogen-bond acceptors (Lipinski definition) is 5. The summed E-state index contributed by atoms with van der Waals surface area (Å²) in [5, 5.41) is 7.01. The maximum Gasteiger partial charge on any atom is 0.245 e. The fourth-order valence-corrected chi connectivity index (χ4v) is 2.35. The van der Waals surface area contributed by atoms with Crippen LogP contribution in [0.25, 0.3) is 11.4 Å². The second kappa shape index (κ2) is 5.16. The van der Waals surface area contributed by atoms with Crippen LogP contribution in [0.3, 0.4) is 0 Å². The van der Waals surface area contributed by atoms with Crippen LogP contribution in [0.5, 0.6) is 0 Å². The number of nitrogens with one attached hydrogen (secondary N) is 1. The van der Waals surface area contributed by atoms with Gasteiger partial charge in [-0.3, -0.25) is 10.1 Å². The van der Waals surface area contributed by atoms with Gasteiger partial charge in [0.25, 0.3) is 0 Å². The van der Waals surface area contributed by atoms with Crippen molar-refractivity contribution in [1.82, 2.24) is 20.2 Å². The number of nitrogens with two attached hydrogens (primary N) is 1. The summed E-state index contributed by atoms with van der Waals surface area (Å²) in [7, 11) is 0. The van der Waals surface area contributed by atoms with Crippen molar-refractivity contribution in [1.29, 1.82) is 0 Å². The Kier molecular flexibility index (Phi) is 3.35. The van der Waals surface area contributed by atoms with Gasteiger partial charge in [-0.2, -0.15) is 4.98 Å². The molecule has 1 aliphatic rings. The van der Waals surface area contributed by atoms with E-state index in [4.69, 9.17) is 5.73 Å². The Bertz CT molecular complexity index is 598. The average Bonchev–Trinajstić information content (AvgIpc) is 2.92. The molecule has 0 spiro atoms. The number of piperidine rings is 1. The van der Waals surface area contributed by atoms with Crippen molar-refractivity contribution in [2.45, 2.75) is 19.4 Å². The van der Waals surface area contributed by atoms with E-state index >= 15 is 0 Å². The molecule has 0 amide bonds. The van der Waals surface area contributed by atoms with E-state index in [1.54, 1.807) is 6.20 Å². The molecule has 3 N–H and O–H groups in total. The minimum atomic E-state index is -0.394. The quantitative estimate of drug-likeness (QED) is 0.860. The molecule has 20 heavy (non-hydrogen) atoms. The van der Waals surface area contributed by atoms with Crippen molar-refractivity contribution in [2.24, 2.45) is 11.7 Å². The van der Waals surface area contributed by atoms with Crippen LogP contribution >= 0.6 is 0 Å². The molecular weight excluding hydrogens is 259 g/mol. The van der Waals surface area contributed by atoms with Crippen molar-refractivity contribution in [3.8, 4) is 11.4 Å². The van der Waals surface area contributed by atoms with Crippen LogP contribution in [0.2, 0.25) is 0 Å². The number of aromatic nitrogens is 4. The Balaban J connectivity index is 1.80. The van der Waals surface area contributed by atoms with Crippen molar-refractivity contribution < 1.29 is 4.39 Å². The number of aromatic amines is 1. The Morgan fingerprint density at radius 3 is 3.05 bits per heavy atom. The number of hydrogen-bond donors (Lipinski definition) is 2. The van der Waals surface area contributed by atoms with Crippen LogP contribution in [-0.2, 0) is 0 Å². The highest BCUT2D eigenvalue weighted by molar-refractivity contribution is 5.54. The van der Waals surface area contributed by atoms with Gasteiger partial charge in [-0.15, -0.1) is 5.10 Å². The molecule has 3 rings (SSSR count). The zero-order valence-electron chi connectivity index (χ0n) is 11.3. The van der Waals surface area contributed by atoms with Gasteiger partial charge in [0.05, 0.1) is 6.20 Å². The summed E-state index contributed by atoms with van der Waals surface area (Å²) >= 11 is 0. The SMILES string of the molecule is CC1CCN(c2n[nH]c(-c3cncc(F)c3)n2)CC1N. The standard InChI is InChI=1S/C13H17FN6/c1-8-2-3-20(7-11(8)15)13-17-12(18-19-13)9-4-10(14)6-16-5-9/h4-6,8,11H,2-3,7,15H2,1H3,(H,17,18,19). The van der Waals surface area contributed by atoms with Crippen LogP contribution in [0, 0.1) is 11.7 Å². The van der Waals surface area contributed by atoms with Crippen molar-refractivity contribution in [3.63, 3.8) is 0 Å². The highest BCUT2D eigenvalue weighted by Gasteiger charge is 2.25. The van der Waals surface area contributed by atoms with Crippen LogP contribution in [0.4, 0.5) is 10.3 Å². The van der Waals surface area contributed by atoms with Crippen LogP contribution in [0.15, 0.2) is 18.5 Å². The smallest absolute Gasteiger partial charge is 0.245 e. The average molecular weight is 276 g/mol. The van der Waals surface area contributed by atoms with E-state index in [1.807, 2.05) is 0 Å². The first kappa shape index (κ1) is 13.0. The lowest BCUT2D eigenvalue weighted by atomic mass is 9.95. The van der Waals surface area contributed by atoms with E-state index in [-0.39, 0.29) is 6.04 Å². The fraction of sp³-hybridized carbons (Fsp3) is 0.462. The van der Waals surface area contributed by atoms with Gasteiger partial charge >= 0.3 is 0 Å². The van der Waals surface area contributed by atoms with E-state index in [1.165, 1.54) is 6.07 Å². The first-order valence-electron chi connectivity index (χ1n) is 6.67. The zero-order chi connectivity index (χ0) is 14.1. The molecule has 6 nitrogen and oxygen atoms in total. The third-order valence-corrected chi connectivity index (χ3v) is 3.75. The number of nitrogens with zero attached hydrogens (tertiary/aromatic N) is 4. The summed E-state index contributed by atoms with van der Waals surface area (Å²) < 4.78 is 13.2.